The van der Waals surface area contributed by atoms with Crippen LogP contribution in [0.1, 0.15) is 60.4 Å². The molecule has 0 aromatic heterocycles. The quantitative estimate of drug-likeness (QED) is 0.234. The number of hydrogen-bond donors (Lipinski definition) is 2. The topological polar surface area (TPSA) is 145 Å². The van der Waals surface area contributed by atoms with Gasteiger partial charge in [-0.15, -0.1) is 0 Å². The van der Waals surface area contributed by atoms with Gasteiger partial charge in [-0.2, -0.15) is 0 Å². The van der Waals surface area contributed by atoms with Crippen LogP contribution in [0.5, 0.6) is 11.5 Å². The number of esters is 2. The number of nitrogens with two attached hydrogens (primary N) is 1. The summed E-state index contributed by atoms with van der Waals surface area (Å²) in [4.78, 5) is 26.8. The normalized spacial score (nSPS) is 26.0. The Hall–Kier alpha value is -3.74. The summed E-state index contributed by atoms with van der Waals surface area (Å²) in [5, 5.41) is 9.94. The molecule has 2 aromatic carbocycles. The average molecular weight is 626 g/mol. The first-order valence-corrected chi connectivity index (χ1v) is 15.0. The molecular formula is C34H43NO10. The van der Waals surface area contributed by atoms with Crippen molar-refractivity contribution in [2.24, 2.45) is 11.7 Å². The van der Waals surface area contributed by atoms with Crippen LogP contribution in [0, 0.1) is 5.92 Å². The van der Waals surface area contributed by atoms with Gasteiger partial charge in [0.2, 0.25) is 0 Å². The molecule has 6 atom stereocenters. The first kappa shape index (κ1) is 34.1. The Balaban J connectivity index is 1.74. The van der Waals surface area contributed by atoms with Crippen molar-refractivity contribution in [3.8, 4) is 11.5 Å². The van der Waals surface area contributed by atoms with Crippen molar-refractivity contribution >= 4 is 18.0 Å². The molecule has 1 saturated heterocycles. The Bertz CT molecular complexity index is 1360. The summed E-state index contributed by atoms with van der Waals surface area (Å²) in [5.74, 6) is -1.77. The minimum atomic E-state index is -0.940. The Morgan fingerprint density at radius 2 is 1.87 bits per heavy atom. The third-order valence-electron chi connectivity index (χ3n) is 7.46. The highest BCUT2D eigenvalue weighted by molar-refractivity contribution is 5.97. The number of hydrogen-bond acceptors (Lipinski definition) is 11. The van der Waals surface area contributed by atoms with Crippen molar-refractivity contribution in [3.63, 3.8) is 0 Å². The average Bonchev–Trinajstić information content (AvgIpc) is 3.33. The van der Waals surface area contributed by atoms with E-state index in [2.05, 4.69) is 0 Å². The maximum atomic E-state index is 13.7. The van der Waals surface area contributed by atoms with Crippen LogP contribution in [0.25, 0.3) is 6.08 Å². The lowest BCUT2D eigenvalue weighted by Crippen LogP contribution is -2.37. The monoisotopic (exact) mass is 625 g/mol. The fourth-order valence-electron chi connectivity index (χ4n) is 4.95. The molecule has 45 heavy (non-hydrogen) atoms. The van der Waals surface area contributed by atoms with Gasteiger partial charge in [-0.05, 0) is 57.0 Å². The van der Waals surface area contributed by atoms with Crippen LogP contribution >= 0.6 is 0 Å². The number of benzene rings is 2. The van der Waals surface area contributed by atoms with E-state index < -0.39 is 48.2 Å². The number of carbonyl (C=O) groups excluding carboxylic acids is 2. The van der Waals surface area contributed by atoms with Crippen LogP contribution in [-0.2, 0) is 23.7 Å². The molecule has 0 bridgehead atoms. The predicted molar refractivity (Wildman–Crippen MR) is 166 cm³/mol. The summed E-state index contributed by atoms with van der Waals surface area (Å²) in [6.07, 6.45) is 4.19. The lowest BCUT2D eigenvalue weighted by molar-refractivity contribution is -0.152. The van der Waals surface area contributed by atoms with E-state index >= 15 is 0 Å². The maximum Gasteiger partial charge on any atom is 0.342 e. The number of carbonyl (C=O) groups is 2. The molecule has 244 valence electrons. The minimum absolute atomic E-state index is 0.0251. The summed E-state index contributed by atoms with van der Waals surface area (Å²) < 4.78 is 41.1. The lowest BCUT2D eigenvalue weighted by Gasteiger charge is -2.26. The lowest BCUT2D eigenvalue weighted by atomic mass is 9.98. The predicted octanol–water partition coefficient (Wildman–Crippen LogP) is 4.27. The van der Waals surface area contributed by atoms with Crippen LogP contribution in [0.3, 0.4) is 0 Å². The molecule has 4 rings (SSSR count). The van der Waals surface area contributed by atoms with Crippen molar-refractivity contribution in [1.82, 2.24) is 0 Å². The van der Waals surface area contributed by atoms with E-state index in [0.717, 1.165) is 0 Å². The zero-order valence-corrected chi connectivity index (χ0v) is 26.3. The largest absolute Gasteiger partial charge is 0.491 e. The highest BCUT2D eigenvalue weighted by Crippen LogP contribution is 2.36. The van der Waals surface area contributed by atoms with Crippen LogP contribution in [-0.4, -0.2) is 80.4 Å². The van der Waals surface area contributed by atoms with Crippen molar-refractivity contribution < 1.29 is 47.9 Å². The summed E-state index contributed by atoms with van der Waals surface area (Å²) in [6.45, 7) is 7.14. The number of cyclic esters (lactones) is 1. The zero-order valence-electron chi connectivity index (χ0n) is 26.3. The Kier molecular flexibility index (Phi) is 11.8. The summed E-state index contributed by atoms with van der Waals surface area (Å²) in [5.41, 5.74) is 6.59. The van der Waals surface area contributed by atoms with Gasteiger partial charge in [0.05, 0.1) is 11.7 Å². The van der Waals surface area contributed by atoms with E-state index in [4.69, 9.17) is 38.9 Å². The Morgan fingerprint density at radius 1 is 1.11 bits per heavy atom. The van der Waals surface area contributed by atoms with E-state index in [1.54, 1.807) is 55.5 Å². The van der Waals surface area contributed by atoms with Gasteiger partial charge < -0.3 is 44.0 Å². The second kappa shape index (κ2) is 15.5. The molecule has 2 aliphatic rings. The molecule has 11 heteroatoms. The molecule has 0 aliphatic carbocycles. The van der Waals surface area contributed by atoms with Crippen molar-refractivity contribution in [3.05, 3.63) is 77.4 Å². The summed E-state index contributed by atoms with van der Waals surface area (Å²) >= 11 is 0. The van der Waals surface area contributed by atoms with Gasteiger partial charge in [0.25, 0.3) is 0 Å². The molecule has 1 fully saturated rings. The van der Waals surface area contributed by atoms with Crippen LogP contribution in [0.2, 0.25) is 0 Å². The SMILES string of the molecule is COCOc1cc(OCC(O)CN)cc2c1C(=O)OC(C)[C@H](C)/C=C\C(OC(=O)c1ccccc1)C1OC(C)(C)OC1CC=C2. The third-order valence-corrected chi connectivity index (χ3v) is 7.46. The Labute approximate surface area is 263 Å². The number of fused-ring (bicyclic) bond motifs is 2. The number of aliphatic hydroxyl groups is 1. The standard InChI is InChI=1S/C34H43NO10/c1-21-14-15-27(43-32(37)23-10-7-6-8-11-23)31-28(44-34(3,4)45-31)13-9-12-24-16-26(40-19-25(36)18-35)17-29(41-20-39-5)30(24)33(38)42-22(21)2/h6-12,14-17,21-22,25,27-28,31,36H,13,18-20,35H2,1-5H3/b12-9?,15-14-/t21-,22?,25?,27?,28?,31?/m1/s1. The van der Waals surface area contributed by atoms with Gasteiger partial charge in [-0.3, -0.25) is 0 Å². The Morgan fingerprint density at radius 3 is 2.58 bits per heavy atom. The smallest absolute Gasteiger partial charge is 0.342 e. The molecule has 2 heterocycles. The van der Waals surface area contributed by atoms with E-state index in [1.807, 2.05) is 39.0 Å². The summed E-state index contributed by atoms with van der Waals surface area (Å²) in [7, 11) is 1.47. The molecule has 0 saturated carbocycles. The summed E-state index contributed by atoms with van der Waals surface area (Å²) in [6, 6.07) is 11.9. The molecule has 2 aliphatic heterocycles. The first-order chi connectivity index (χ1) is 21.5. The second-order valence-electron chi connectivity index (χ2n) is 11.5. The fourth-order valence-corrected chi connectivity index (χ4v) is 4.95. The van der Waals surface area contributed by atoms with Crippen molar-refractivity contribution in [2.45, 2.75) is 70.4 Å². The molecule has 0 radical (unpaired) electrons. The minimum Gasteiger partial charge on any atom is -0.491 e. The fraction of sp³-hybridized carbons (Fsp3) is 0.471. The molecule has 3 N–H and O–H groups in total. The van der Waals surface area contributed by atoms with Gasteiger partial charge in [0.15, 0.2) is 12.6 Å². The highest BCUT2D eigenvalue weighted by atomic mass is 16.8. The van der Waals surface area contributed by atoms with Gasteiger partial charge in [0.1, 0.15) is 48.1 Å². The van der Waals surface area contributed by atoms with Crippen LogP contribution < -0.4 is 15.2 Å². The van der Waals surface area contributed by atoms with Crippen LogP contribution in [0.15, 0.2) is 60.7 Å². The highest BCUT2D eigenvalue weighted by Gasteiger charge is 2.45. The molecule has 5 unspecified atom stereocenters. The van der Waals surface area contributed by atoms with Gasteiger partial charge in [0, 0.05) is 25.6 Å². The van der Waals surface area contributed by atoms with E-state index in [0.29, 0.717) is 23.3 Å². The number of rotatable bonds is 9. The molecular weight excluding hydrogens is 582 g/mol. The zero-order chi connectivity index (χ0) is 32.6. The molecule has 0 spiro atoms. The molecule has 11 nitrogen and oxygen atoms in total. The molecule has 2 aromatic rings. The maximum absolute atomic E-state index is 13.7. The van der Waals surface area contributed by atoms with E-state index in [9.17, 15) is 14.7 Å². The van der Waals surface area contributed by atoms with Crippen molar-refractivity contribution in [1.29, 1.82) is 0 Å². The van der Waals surface area contributed by atoms with Gasteiger partial charge >= 0.3 is 11.9 Å². The van der Waals surface area contributed by atoms with E-state index in [-0.39, 0.29) is 37.2 Å². The third kappa shape index (κ3) is 9.15. The number of ether oxygens (including phenoxy) is 7. The van der Waals surface area contributed by atoms with Gasteiger partial charge in [-0.25, -0.2) is 9.59 Å². The number of aliphatic hydroxyl groups excluding tert-OH is 1. The first-order valence-electron chi connectivity index (χ1n) is 15.0. The van der Waals surface area contributed by atoms with E-state index in [1.165, 1.54) is 7.11 Å². The van der Waals surface area contributed by atoms with Crippen LogP contribution in [0.4, 0.5) is 0 Å². The molecule has 0 amide bonds. The van der Waals surface area contributed by atoms with Crippen molar-refractivity contribution in [2.75, 3.05) is 27.1 Å². The second-order valence-corrected chi connectivity index (χ2v) is 11.5. The number of methoxy groups -OCH3 is 1. The van der Waals surface area contributed by atoms with Gasteiger partial charge in [-0.1, -0.05) is 43.4 Å².